The molecule has 0 unspecified atom stereocenters. The Morgan fingerprint density at radius 1 is 1.00 bits per heavy atom. The third-order valence-electron chi connectivity index (χ3n) is 3.61. The first-order valence-corrected chi connectivity index (χ1v) is 9.44. The van der Waals surface area contributed by atoms with Gasteiger partial charge >= 0.3 is 6.09 Å². The molecule has 0 spiro atoms. The number of rotatable bonds is 11. The second-order valence-electron chi connectivity index (χ2n) is 6.54. The number of Topliss-reactive ketones (excluding diaryl/α,β-unsaturated/α-hetero) is 1. The van der Waals surface area contributed by atoms with Gasteiger partial charge in [0, 0.05) is 0 Å². The van der Waals surface area contributed by atoms with Crippen LogP contribution in [-0.4, -0.2) is 48.7 Å². The predicted octanol–water partition coefficient (Wildman–Crippen LogP) is 1.37. The SMILES string of the molecule is CC(C)C[C@H](NC(=O)CNC(=O)CNC(=O)OCc1ccccc1)C(=O)CCl. The Bertz CT molecular complexity index is 667. The summed E-state index contributed by atoms with van der Waals surface area (Å²) in [6, 6.07) is 8.41. The van der Waals surface area contributed by atoms with E-state index in [2.05, 4.69) is 16.0 Å². The van der Waals surface area contributed by atoms with E-state index in [0.29, 0.717) is 6.42 Å². The zero-order chi connectivity index (χ0) is 20.9. The van der Waals surface area contributed by atoms with Crippen LogP contribution in [0.2, 0.25) is 0 Å². The van der Waals surface area contributed by atoms with Gasteiger partial charge in [0.25, 0.3) is 0 Å². The van der Waals surface area contributed by atoms with Gasteiger partial charge in [-0.1, -0.05) is 44.2 Å². The van der Waals surface area contributed by atoms with Crippen LogP contribution in [0, 0.1) is 5.92 Å². The molecule has 28 heavy (non-hydrogen) atoms. The Morgan fingerprint density at radius 3 is 2.25 bits per heavy atom. The van der Waals surface area contributed by atoms with E-state index in [-0.39, 0.29) is 37.3 Å². The average molecular weight is 412 g/mol. The van der Waals surface area contributed by atoms with E-state index in [0.717, 1.165) is 5.56 Å². The fourth-order valence-electron chi connectivity index (χ4n) is 2.25. The molecule has 0 saturated carbocycles. The van der Waals surface area contributed by atoms with Gasteiger partial charge in [0.15, 0.2) is 5.78 Å². The Labute approximate surface area is 169 Å². The number of hydrogen-bond donors (Lipinski definition) is 3. The quantitative estimate of drug-likeness (QED) is 0.476. The molecule has 0 aliphatic carbocycles. The molecule has 9 heteroatoms. The van der Waals surface area contributed by atoms with Crippen molar-refractivity contribution < 1.29 is 23.9 Å². The summed E-state index contributed by atoms with van der Waals surface area (Å²) in [4.78, 5) is 47.0. The number of alkyl halides is 1. The lowest BCUT2D eigenvalue weighted by Gasteiger charge is -2.18. The Morgan fingerprint density at radius 2 is 1.64 bits per heavy atom. The Hall–Kier alpha value is -2.61. The van der Waals surface area contributed by atoms with Crippen LogP contribution >= 0.6 is 11.6 Å². The molecule has 1 rings (SSSR count). The van der Waals surface area contributed by atoms with Crippen LogP contribution in [0.25, 0.3) is 0 Å². The molecule has 0 aliphatic rings. The maximum Gasteiger partial charge on any atom is 0.407 e. The predicted molar refractivity (Wildman–Crippen MR) is 105 cm³/mol. The van der Waals surface area contributed by atoms with Crippen molar-refractivity contribution in [2.75, 3.05) is 19.0 Å². The maximum atomic E-state index is 11.9. The summed E-state index contributed by atoms with van der Waals surface area (Å²) < 4.78 is 4.97. The number of benzene rings is 1. The number of alkyl carbamates (subject to hydrolysis) is 1. The Kier molecular flexibility index (Phi) is 10.6. The van der Waals surface area contributed by atoms with Crippen molar-refractivity contribution in [3.8, 4) is 0 Å². The van der Waals surface area contributed by atoms with Crippen molar-refractivity contribution >= 4 is 35.3 Å². The molecule has 0 aromatic heterocycles. The van der Waals surface area contributed by atoms with Gasteiger partial charge in [-0.2, -0.15) is 0 Å². The average Bonchev–Trinajstić information content (AvgIpc) is 2.68. The fourth-order valence-corrected chi connectivity index (χ4v) is 2.43. The van der Waals surface area contributed by atoms with Crippen molar-refractivity contribution in [2.24, 2.45) is 5.92 Å². The Balaban J connectivity index is 2.28. The molecule has 0 heterocycles. The second kappa shape index (κ2) is 12.7. The number of hydrogen-bond acceptors (Lipinski definition) is 5. The van der Waals surface area contributed by atoms with Crippen molar-refractivity contribution in [1.82, 2.24) is 16.0 Å². The highest BCUT2D eigenvalue weighted by Crippen LogP contribution is 2.06. The minimum absolute atomic E-state index is 0.0859. The van der Waals surface area contributed by atoms with Gasteiger partial charge in [0.1, 0.15) is 13.2 Å². The van der Waals surface area contributed by atoms with Crippen molar-refractivity contribution in [1.29, 1.82) is 0 Å². The van der Waals surface area contributed by atoms with E-state index in [4.69, 9.17) is 16.3 Å². The van der Waals surface area contributed by atoms with Crippen LogP contribution in [0.1, 0.15) is 25.8 Å². The lowest BCUT2D eigenvalue weighted by atomic mass is 10.0. The number of carbonyl (C=O) groups excluding carboxylic acids is 4. The molecular formula is C19H26ClN3O5. The summed E-state index contributed by atoms with van der Waals surface area (Å²) in [7, 11) is 0. The number of ketones is 1. The molecule has 0 bridgehead atoms. The monoisotopic (exact) mass is 411 g/mol. The van der Waals surface area contributed by atoms with E-state index in [9.17, 15) is 19.2 Å². The van der Waals surface area contributed by atoms with E-state index >= 15 is 0 Å². The summed E-state index contributed by atoms with van der Waals surface area (Å²) in [5, 5.41) is 7.21. The number of halogens is 1. The van der Waals surface area contributed by atoms with Gasteiger partial charge in [-0.25, -0.2) is 4.79 Å². The highest BCUT2D eigenvalue weighted by molar-refractivity contribution is 6.28. The normalized spacial score (nSPS) is 11.4. The van der Waals surface area contributed by atoms with E-state index in [1.54, 1.807) is 12.1 Å². The zero-order valence-corrected chi connectivity index (χ0v) is 16.8. The first kappa shape index (κ1) is 23.4. The third kappa shape index (κ3) is 9.91. The van der Waals surface area contributed by atoms with Gasteiger partial charge in [0.2, 0.25) is 11.8 Å². The molecule has 3 N–H and O–H groups in total. The highest BCUT2D eigenvalue weighted by Gasteiger charge is 2.21. The van der Waals surface area contributed by atoms with Crippen LogP contribution in [0.4, 0.5) is 4.79 Å². The van der Waals surface area contributed by atoms with Gasteiger partial charge in [-0.3, -0.25) is 14.4 Å². The summed E-state index contributed by atoms with van der Waals surface area (Å²) in [5.74, 6) is -1.35. The lowest BCUT2D eigenvalue weighted by molar-refractivity contribution is -0.128. The largest absolute Gasteiger partial charge is 0.445 e. The summed E-state index contributed by atoms with van der Waals surface area (Å²) in [6.07, 6.45) is -0.284. The topological polar surface area (TPSA) is 114 Å². The van der Waals surface area contributed by atoms with Gasteiger partial charge < -0.3 is 20.7 Å². The number of ether oxygens (including phenoxy) is 1. The molecule has 3 amide bonds. The fraction of sp³-hybridized carbons (Fsp3) is 0.474. The van der Waals surface area contributed by atoms with Crippen LogP contribution in [-0.2, 0) is 25.7 Å². The standard InChI is InChI=1S/C19H26ClN3O5/c1-13(2)8-15(16(24)9-20)23-18(26)11-21-17(25)10-22-19(27)28-12-14-6-4-3-5-7-14/h3-7,13,15H,8-12H2,1-2H3,(H,21,25)(H,22,27)(H,23,26)/t15-/m0/s1. The minimum Gasteiger partial charge on any atom is -0.445 e. The summed E-state index contributed by atoms with van der Waals surface area (Å²) in [5.41, 5.74) is 0.821. The van der Waals surface area contributed by atoms with E-state index in [1.807, 2.05) is 32.0 Å². The molecule has 0 fully saturated rings. The minimum atomic E-state index is -0.742. The molecule has 1 atom stereocenters. The molecule has 0 aliphatic heterocycles. The molecule has 0 saturated heterocycles. The first-order valence-electron chi connectivity index (χ1n) is 8.91. The van der Waals surface area contributed by atoms with Crippen LogP contribution in [0.3, 0.4) is 0 Å². The maximum absolute atomic E-state index is 11.9. The molecule has 8 nitrogen and oxygen atoms in total. The molecule has 1 aromatic carbocycles. The van der Waals surface area contributed by atoms with Crippen LogP contribution in [0.15, 0.2) is 30.3 Å². The van der Waals surface area contributed by atoms with Gasteiger partial charge in [-0.15, -0.1) is 11.6 Å². The number of carbonyl (C=O) groups is 4. The molecular weight excluding hydrogens is 386 g/mol. The molecule has 154 valence electrons. The lowest BCUT2D eigenvalue weighted by Crippen LogP contribution is -2.47. The third-order valence-corrected chi connectivity index (χ3v) is 3.88. The van der Waals surface area contributed by atoms with Crippen LogP contribution in [0.5, 0.6) is 0 Å². The number of nitrogens with one attached hydrogen (secondary N) is 3. The first-order chi connectivity index (χ1) is 13.3. The van der Waals surface area contributed by atoms with Crippen molar-refractivity contribution in [3.63, 3.8) is 0 Å². The second-order valence-corrected chi connectivity index (χ2v) is 6.81. The smallest absolute Gasteiger partial charge is 0.407 e. The highest BCUT2D eigenvalue weighted by atomic mass is 35.5. The van der Waals surface area contributed by atoms with Gasteiger partial charge in [0.05, 0.1) is 18.5 Å². The van der Waals surface area contributed by atoms with E-state index < -0.39 is 23.9 Å². The number of amides is 3. The summed E-state index contributed by atoms with van der Waals surface area (Å²) in [6.45, 7) is 3.28. The molecule has 0 radical (unpaired) electrons. The van der Waals surface area contributed by atoms with Gasteiger partial charge in [-0.05, 0) is 17.9 Å². The van der Waals surface area contributed by atoms with E-state index in [1.165, 1.54) is 0 Å². The molecule has 1 aromatic rings. The van der Waals surface area contributed by atoms with Crippen molar-refractivity contribution in [3.05, 3.63) is 35.9 Å². The van der Waals surface area contributed by atoms with Crippen LogP contribution < -0.4 is 16.0 Å². The summed E-state index contributed by atoms with van der Waals surface area (Å²) >= 11 is 5.55. The zero-order valence-electron chi connectivity index (χ0n) is 16.0. The van der Waals surface area contributed by atoms with Crippen molar-refractivity contribution in [2.45, 2.75) is 32.9 Å².